The molecule has 0 fully saturated rings. The smallest absolute Gasteiger partial charge is 0.317 e. The van der Waals surface area contributed by atoms with Gasteiger partial charge in [-0.15, -0.1) is 0 Å². The molecule has 5 nitrogen and oxygen atoms in total. The van der Waals surface area contributed by atoms with Crippen LogP contribution in [-0.4, -0.2) is 24.0 Å². The molecule has 0 saturated heterocycles. The van der Waals surface area contributed by atoms with Crippen LogP contribution in [0, 0.1) is 0 Å². The van der Waals surface area contributed by atoms with Gasteiger partial charge in [-0.1, -0.05) is 18.2 Å². The van der Waals surface area contributed by atoms with E-state index in [2.05, 4.69) is 0 Å². The molecule has 1 aliphatic rings. The summed E-state index contributed by atoms with van der Waals surface area (Å²) in [4.78, 5) is 17.9. The predicted molar refractivity (Wildman–Crippen MR) is 60.9 cm³/mol. The highest BCUT2D eigenvalue weighted by Gasteiger charge is 2.38. The van der Waals surface area contributed by atoms with Crippen LogP contribution in [0.25, 0.3) is 0 Å². The molecular formula is C8H9O5PS2. The fraction of sp³-hybridized carbons (Fsp3) is 0.250. The van der Waals surface area contributed by atoms with Gasteiger partial charge in [0, 0.05) is 0 Å². The molecule has 1 aromatic carbocycles. The van der Waals surface area contributed by atoms with Crippen LogP contribution < -0.4 is 0 Å². The van der Waals surface area contributed by atoms with Crippen LogP contribution >= 0.6 is 18.2 Å². The number of rotatable bonds is 2. The Balaban J connectivity index is 2.45. The van der Waals surface area contributed by atoms with Crippen molar-refractivity contribution in [3.05, 3.63) is 29.8 Å². The lowest BCUT2D eigenvalue weighted by atomic mass is 10.2. The average Bonchev–Trinajstić information content (AvgIpc) is 2.37. The van der Waals surface area contributed by atoms with Crippen LogP contribution in [0.4, 0.5) is 0 Å². The number of benzene rings is 1. The number of hydrogen-bond donors (Lipinski definition) is 2. The molecule has 0 bridgehead atoms. The molecule has 0 radical (unpaired) electrons. The SMILES string of the molecule is O=P(O)(O)SC1CS(=O)(=O)c2ccccc21. The van der Waals surface area contributed by atoms with Crippen molar-refractivity contribution in [3.8, 4) is 0 Å². The van der Waals surface area contributed by atoms with Crippen molar-refractivity contribution in [3.63, 3.8) is 0 Å². The Labute approximate surface area is 96.7 Å². The Hall–Kier alpha value is -0.330. The largest absolute Gasteiger partial charge is 0.384 e. The number of sulfone groups is 1. The third-order valence-corrected chi connectivity index (χ3v) is 6.80. The fourth-order valence-corrected chi connectivity index (χ4v) is 6.66. The summed E-state index contributed by atoms with van der Waals surface area (Å²) < 4.78 is 34.2. The highest BCUT2D eigenvalue weighted by atomic mass is 32.7. The molecule has 1 atom stereocenters. The normalized spacial score (nSPS) is 23.0. The first-order valence-corrected chi connectivity index (χ1v) is 9.10. The lowest BCUT2D eigenvalue weighted by Gasteiger charge is -2.09. The number of hydrogen-bond acceptors (Lipinski definition) is 4. The second-order valence-electron chi connectivity index (χ2n) is 3.40. The van der Waals surface area contributed by atoms with Gasteiger partial charge in [-0.3, -0.25) is 0 Å². The van der Waals surface area contributed by atoms with Crippen molar-refractivity contribution in [1.82, 2.24) is 0 Å². The van der Waals surface area contributed by atoms with Gasteiger partial charge in [-0.2, -0.15) is 0 Å². The van der Waals surface area contributed by atoms with E-state index < -0.39 is 21.9 Å². The Kier molecular flexibility index (Phi) is 2.92. The maximum atomic E-state index is 11.7. The van der Waals surface area contributed by atoms with Crippen LogP contribution in [0.2, 0.25) is 0 Å². The maximum absolute atomic E-state index is 11.7. The Morgan fingerprint density at radius 2 is 1.94 bits per heavy atom. The van der Waals surface area contributed by atoms with Gasteiger partial charge in [-0.05, 0) is 23.0 Å². The zero-order valence-electron chi connectivity index (χ0n) is 7.98. The summed E-state index contributed by atoms with van der Waals surface area (Å²) in [6.07, 6.45) is 0. The summed E-state index contributed by atoms with van der Waals surface area (Å²) in [7, 11) is -3.39. The summed E-state index contributed by atoms with van der Waals surface area (Å²) in [5.41, 5.74) is 0.482. The van der Waals surface area contributed by atoms with E-state index in [1.54, 1.807) is 18.2 Å². The average molecular weight is 280 g/mol. The van der Waals surface area contributed by atoms with Gasteiger partial charge in [0.05, 0.1) is 15.9 Å². The molecular weight excluding hydrogens is 271 g/mol. The van der Waals surface area contributed by atoms with E-state index in [4.69, 9.17) is 9.79 Å². The van der Waals surface area contributed by atoms with E-state index in [1.807, 2.05) is 0 Å². The van der Waals surface area contributed by atoms with Crippen molar-refractivity contribution in [2.24, 2.45) is 0 Å². The molecule has 0 aliphatic carbocycles. The lowest BCUT2D eigenvalue weighted by molar-refractivity contribution is 0.396. The van der Waals surface area contributed by atoms with Crippen LogP contribution in [0.15, 0.2) is 29.2 Å². The van der Waals surface area contributed by atoms with Crippen molar-refractivity contribution >= 4 is 28.0 Å². The molecule has 0 spiro atoms. The topological polar surface area (TPSA) is 91.7 Å². The zero-order chi connectivity index (χ0) is 12.0. The van der Waals surface area contributed by atoms with E-state index in [9.17, 15) is 13.0 Å². The van der Waals surface area contributed by atoms with Gasteiger partial charge in [0.1, 0.15) is 0 Å². The molecule has 0 amide bonds. The van der Waals surface area contributed by atoms with Gasteiger partial charge in [0.15, 0.2) is 9.84 Å². The Bertz CT molecular complexity index is 562. The second kappa shape index (κ2) is 3.85. The lowest BCUT2D eigenvalue weighted by Crippen LogP contribution is -2.00. The standard InChI is InChI=1S/C8H9O5PS2/c9-14(10,11)15-7-5-16(12,13)8-4-2-1-3-6(7)8/h1-4,7H,5H2,(H2,9,10,11). The highest BCUT2D eigenvalue weighted by Crippen LogP contribution is 2.60. The van der Waals surface area contributed by atoms with Crippen molar-refractivity contribution < 1.29 is 22.8 Å². The molecule has 88 valence electrons. The highest BCUT2D eigenvalue weighted by molar-refractivity contribution is 8.54. The molecule has 0 saturated carbocycles. The van der Waals surface area contributed by atoms with E-state index in [0.717, 1.165) is 0 Å². The third-order valence-electron chi connectivity index (χ3n) is 2.24. The first-order valence-electron chi connectivity index (χ1n) is 4.35. The molecule has 16 heavy (non-hydrogen) atoms. The van der Waals surface area contributed by atoms with E-state index in [1.165, 1.54) is 6.07 Å². The fourth-order valence-electron chi connectivity index (χ4n) is 1.66. The Morgan fingerprint density at radius 3 is 2.56 bits per heavy atom. The van der Waals surface area contributed by atoms with Crippen molar-refractivity contribution in [2.45, 2.75) is 10.1 Å². The molecule has 8 heteroatoms. The van der Waals surface area contributed by atoms with Gasteiger partial charge >= 0.3 is 6.80 Å². The zero-order valence-corrected chi connectivity index (χ0v) is 10.5. The third kappa shape index (κ3) is 2.33. The molecule has 2 N–H and O–H groups in total. The van der Waals surface area contributed by atoms with Gasteiger partial charge in [0.2, 0.25) is 0 Å². The molecule has 2 rings (SSSR count). The summed E-state index contributed by atoms with van der Waals surface area (Å²) >= 11 is 0.397. The van der Waals surface area contributed by atoms with Crippen LogP contribution in [0.3, 0.4) is 0 Å². The summed E-state index contributed by atoms with van der Waals surface area (Å²) in [5.74, 6) is -0.248. The van der Waals surface area contributed by atoms with Crippen molar-refractivity contribution in [2.75, 3.05) is 5.75 Å². The van der Waals surface area contributed by atoms with Gasteiger partial charge < -0.3 is 9.79 Å². The predicted octanol–water partition coefficient (Wildman–Crippen LogP) is 1.34. The second-order valence-corrected chi connectivity index (χ2v) is 9.23. The molecule has 1 aromatic rings. The van der Waals surface area contributed by atoms with Crippen LogP contribution in [-0.2, 0) is 14.4 Å². The van der Waals surface area contributed by atoms with Crippen LogP contribution in [0.5, 0.6) is 0 Å². The van der Waals surface area contributed by atoms with E-state index in [0.29, 0.717) is 16.9 Å². The first-order chi connectivity index (χ1) is 7.30. The van der Waals surface area contributed by atoms with Crippen molar-refractivity contribution in [1.29, 1.82) is 0 Å². The summed E-state index contributed by atoms with van der Waals surface area (Å²) in [6.45, 7) is -4.27. The molecule has 1 unspecified atom stereocenters. The minimum atomic E-state index is -4.27. The van der Waals surface area contributed by atoms with E-state index >= 15 is 0 Å². The quantitative estimate of drug-likeness (QED) is 0.794. The maximum Gasteiger partial charge on any atom is 0.384 e. The minimum absolute atomic E-state index is 0.181. The van der Waals surface area contributed by atoms with E-state index in [-0.39, 0.29) is 10.6 Å². The van der Waals surface area contributed by atoms with Gasteiger partial charge in [-0.25, -0.2) is 13.0 Å². The van der Waals surface area contributed by atoms with Gasteiger partial charge in [0.25, 0.3) is 0 Å². The monoisotopic (exact) mass is 280 g/mol. The summed E-state index contributed by atoms with van der Waals surface area (Å²) in [6, 6.07) is 6.31. The number of fused-ring (bicyclic) bond motifs is 1. The molecule has 1 heterocycles. The molecule has 1 aliphatic heterocycles. The molecule has 0 aromatic heterocycles. The minimum Gasteiger partial charge on any atom is -0.317 e. The summed E-state index contributed by atoms with van der Waals surface area (Å²) in [5, 5.41) is -0.679. The van der Waals surface area contributed by atoms with Crippen LogP contribution in [0.1, 0.15) is 10.8 Å². The Morgan fingerprint density at radius 1 is 1.31 bits per heavy atom. The first kappa shape index (κ1) is 12.1.